The van der Waals surface area contributed by atoms with E-state index in [0.29, 0.717) is 25.4 Å². The third-order valence-electron chi connectivity index (χ3n) is 4.68. The maximum atomic E-state index is 12.6. The monoisotopic (exact) mass is 337 g/mol. The first-order valence-corrected chi connectivity index (χ1v) is 8.88. The first kappa shape index (κ1) is 16.4. The summed E-state index contributed by atoms with van der Waals surface area (Å²) in [4.78, 5) is 32.5. The molecule has 126 valence electrons. The Morgan fingerprint density at radius 2 is 2.22 bits per heavy atom. The van der Waals surface area contributed by atoms with Crippen LogP contribution in [0.1, 0.15) is 28.3 Å². The van der Waals surface area contributed by atoms with E-state index in [0.717, 1.165) is 17.8 Å². The zero-order valence-corrected chi connectivity index (χ0v) is 14.6. The molecule has 0 radical (unpaired) electrons. The zero-order valence-electron chi connectivity index (χ0n) is 13.8. The molecule has 3 rings (SSSR count). The number of hydrogen-bond donors (Lipinski definition) is 0. The van der Waals surface area contributed by atoms with Crippen molar-refractivity contribution in [3.8, 4) is 0 Å². The molecule has 1 aromatic rings. The van der Waals surface area contributed by atoms with Crippen LogP contribution in [0.25, 0.3) is 0 Å². The van der Waals surface area contributed by atoms with Gasteiger partial charge >= 0.3 is 0 Å². The zero-order chi connectivity index (χ0) is 16.6. The highest BCUT2D eigenvalue weighted by Crippen LogP contribution is 2.32. The molecule has 0 aromatic carbocycles. The lowest BCUT2D eigenvalue weighted by atomic mass is 9.83. The van der Waals surface area contributed by atoms with Crippen LogP contribution in [0.3, 0.4) is 0 Å². The number of likely N-dealkylation sites (tertiary alicyclic amines) is 1. The SMILES string of the molecule is Cc1nc(C(=O)N2CC[C@H]3OC[C@@H](C(=O)N(C)C)C[C@H]3C2)cs1. The summed E-state index contributed by atoms with van der Waals surface area (Å²) < 4.78 is 5.90. The van der Waals surface area contributed by atoms with Gasteiger partial charge in [-0.25, -0.2) is 4.98 Å². The smallest absolute Gasteiger partial charge is 0.273 e. The summed E-state index contributed by atoms with van der Waals surface area (Å²) in [7, 11) is 3.55. The van der Waals surface area contributed by atoms with Crippen molar-refractivity contribution in [1.29, 1.82) is 0 Å². The fourth-order valence-corrected chi connectivity index (χ4v) is 4.06. The van der Waals surface area contributed by atoms with Crippen LogP contribution in [0.4, 0.5) is 0 Å². The molecule has 23 heavy (non-hydrogen) atoms. The number of aromatic nitrogens is 1. The minimum atomic E-state index is -0.0946. The first-order chi connectivity index (χ1) is 11.0. The minimum Gasteiger partial charge on any atom is -0.377 e. The number of hydrogen-bond acceptors (Lipinski definition) is 5. The summed E-state index contributed by atoms with van der Waals surface area (Å²) in [6.45, 7) is 3.75. The van der Waals surface area contributed by atoms with Crippen LogP contribution < -0.4 is 0 Å². The molecule has 0 N–H and O–H groups in total. The maximum absolute atomic E-state index is 12.6. The average molecular weight is 337 g/mol. The highest BCUT2D eigenvalue weighted by atomic mass is 32.1. The van der Waals surface area contributed by atoms with Gasteiger partial charge in [-0.3, -0.25) is 9.59 Å². The molecule has 2 amide bonds. The number of rotatable bonds is 2. The maximum Gasteiger partial charge on any atom is 0.273 e. The van der Waals surface area contributed by atoms with Gasteiger partial charge in [-0.1, -0.05) is 0 Å². The van der Waals surface area contributed by atoms with Crippen LogP contribution in [-0.4, -0.2) is 66.5 Å². The van der Waals surface area contributed by atoms with Crippen LogP contribution >= 0.6 is 11.3 Å². The molecule has 6 nitrogen and oxygen atoms in total. The highest BCUT2D eigenvalue weighted by molar-refractivity contribution is 7.09. The molecular weight excluding hydrogens is 314 g/mol. The summed E-state index contributed by atoms with van der Waals surface area (Å²) in [5, 5.41) is 2.72. The quantitative estimate of drug-likeness (QED) is 0.818. The lowest BCUT2D eigenvalue weighted by molar-refractivity contribution is -0.145. The number of ether oxygens (including phenoxy) is 1. The molecule has 0 unspecified atom stereocenters. The van der Waals surface area contributed by atoms with Gasteiger partial charge < -0.3 is 14.5 Å². The van der Waals surface area contributed by atoms with E-state index >= 15 is 0 Å². The molecule has 2 aliphatic heterocycles. The summed E-state index contributed by atoms with van der Waals surface area (Å²) in [5.74, 6) is 0.244. The average Bonchev–Trinajstić information content (AvgIpc) is 2.98. The summed E-state index contributed by atoms with van der Waals surface area (Å²) in [6.07, 6.45) is 1.80. The third kappa shape index (κ3) is 3.40. The van der Waals surface area contributed by atoms with Gasteiger partial charge in [0, 0.05) is 38.5 Å². The van der Waals surface area contributed by atoms with Crippen molar-refractivity contribution in [3.05, 3.63) is 16.1 Å². The topological polar surface area (TPSA) is 62.7 Å². The Labute approximate surface area is 140 Å². The molecule has 0 aliphatic carbocycles. The van der Waals surface area contributed by atoms with E-state index in [4.69, 9.17) is 4.74 Å². The van der Waals surface area contributed by atoms with E-state index in [1.165, 1.54) is 11.3 Å². The molecule has 3 atom stereocenters. The second-order valence-corrected chi connectivity index (χ2v) is 7.65. The Balaban J connectivity index is 1.65. The molecule has 0 spiro atoms. The highest BCUT2D eigenvalue weighted by Gasteiger charge is 2.40. The molecule has 2 fully saturated rings. The Kier molecular flexibility index (Phi) is 4.68. The summed E-state index contributed by atoms with van der Waals surface area (Å²) >= 11 is 1.49. The van der Waals surface area contributed by atoms with Crippen molar-refractivity contribution in [1.82, 2.24) is 14.8 Å². The number of aryl methyl sites for hydroxylation is 1. The number of fused-ring (bicyclic) bond motifs is 1. The van der Waals surface area contributed by atoms with Gasteiger partial charge in [0.05, 0.1) is 23.6 Å². The van der Waals surface area contributed by atoms with Gasteiger partial charge in [-0.2, -0.15) is 0 Å². The van der Waals surface area contributed by atoms with E-state index < -0.39 is 0 Å². The van der Waals surface area contributed by atoms with E-state index in [1.54, 1.807) is 19.0 Å². The van der Waals surface area contributed by atoms with Gasteiger partial charge in [-0.05, 0) is 19.8 Å². The lowest BCUT2D eigenvalue weighted by Crippen LogP contribution is -2.51. The number of carbonyl (C=O) groups excluding carboxylic acids is 2. The number of thiazole rings is 1. The Bertz CT molecular complexity index is 601. The molecule has 0 saturated carbocycles. The Morgan fingerprint density at radius 3 is 2.87 bits per heavy atom. The number of carbonyl (C=O) groups is 2. The molecule has 2 aliphatic rings. The molecule has 3 heterocycles. The van der Waals surface area contributed by atoms with E-state index in [1.807, 2.05) is 17.2 Å². The second kappa shape index (κ2) is 6.57. The fourth-order valence-electron chi connectivity index (χ4n) is 3.48. The Morgan fingerprint density at radius 1 is 1.43 bits per heavy atom. The van der Waals surface area contributed by atoms with E-state index in [9.17, 15) is 9.59 Å². The molecule has 1 aromatic heterocycles. The van der Waals surface area contributed by atoms with Crippen LogP contribution in [-0.2, 0) is 9.53 Å². The van der Waals surface area contributed by atoms with Crippen LogP contribution in [0.2, 0.25) is 0 Å². The van der Waals surface area contributed by atoms with Gasteiger partial charge in [0.25, 0.3) is 5.91 Å². The van der Waals surface area contributed by atoms with E-state index in [2.05, 4.69) is 4.98 Å². The standard InChI is InChI=1S/C16H23N3O3S/c1-10-17-13(9-23-10)16(21)19-5-4-14-11(7-19)6-12(8-22-14)15(20)18(2)3/h9,11-12,14H,4-8H2,1-3H3/t11-,12-,14+/m0/s1. The van der Waals surface area contributed by atoms with Crippen molar-refractivity contribution in [3.63, 3.8) is 0 Å². The Hall–Kier alpha value is -1.47. The van der Waals surface area contributed by atoms with Gasteiger partial charge in [-0.15, -0.1) is 11.3 Å². The third-order valence-corrected chi connectivity index (χ3v) is 5.45. The molecule has 7 heteroatoms. The molecule has 2 saturated heterocycles. The van der Waals surface area contributed by atoms with Gasteiger partial charge in [0.2, 0.25) is 5.91 Å². The van der Waals surface area contributed by atoms with Crippen molar-refractivity contribution in [2.45, 2.75) is 25.9 Å². The summed E-state index contributed by atoms with van der Waals surface area (Å²) in [6, 6.07) is 0. The molecular formula is C16H23N3O3S. The predicted molar refractivity (Wildman–Crippen MR) is 87.4 cm³/mol. The number of amides is 2. The van der Waals surface area contributed by atoms with Gasteiger partial charge in [0.15, 0.2) is 0 Å². The van der Waals surface area contributed by atoms with Gasteiger partial charge in [0.1, 0.15) is 5.69 Å². The lowest BCUT2D eigenvalue weighted by Gasteiger charge is -2.43. The van der Waals surface area contributed by atoms with Crippen molar-refractivity contribution >= 4 is 23.2 Å². The fraction of sp³-hybridized carbons (Fsp3) is 0.688. The second-order valence-electron chi connectivity index (χ2n) is 6.59. The largest absolute Gasteiger partial charge is 0.377 e. The van der Waals surface area contributed by atoms with Crippen molar-refractivity contribution in [2.75, 3.05) is 33.8 Å². The van der Waals surface area contributed by atoms with Crippen LogP contribution in [0.5, 0.6) is 0 Å². The molecule has 0 bridgehead atoms. The normalized spacial score (nSPS) is 27.4. The van der Waals surface area contributed by atoms with Crippen molar-refractivity contribution < 1.29 is 14.3 Å². The predicted octanol–water partition coefficient (Wildman–Crippen LogP) is 1.41. The number of nitrogens with zero attached hydrogens (tertiary/aromatic N) is 3. The van der Waals surface area contributed by atoms with Crippen LogP contribution in [0.15, 0.2) is 5.38 Å². The van der Waals surface area contributed by atoms with Crippen molar-refractivity contribution in [2.24, 2.45) is 11.8 Å². The van der Waals surface area contributed by atoms with E-state index in [-0.39, 0.29) is 29.8 Å². The summed E-state index contributed by atoms with van der Waals surface area (Å²) in [5.41, 5.74) is 0.531. The van der Waals surface area contributed by atoms with Crippen LogP contribution in [0, 0.1) is 18.8 Å². The minimum absolute atomic E-state index is 0.00569. The number of piperidine rings is 1. The first-order valence-electron chi connectivity index (χ1n) is 8.00.